The van der Waals surface area contributed by atoms with Gasteiger partial charge < -0.3 is 20.6 Å². The van der Waals surface area contributed by atoms with Gasteiger partial charge in [-0.25, -0.2) is 8.42 Å². The molecule has 4 N–H and O–H groups in total. The second-order valence-electron chi connectivity index (χ2n) is 7.62. The Hall–Kier alpha value is -2.87. The summed E-state index contributed by atoms with van der Waals surface area (Å²) in [6, 6.07) is 9.64. The maximum absolute atomic E-state index is 13.2. The molecule has 0 aliphatic carbocycles. The largest absolute Gasteiger partial charge is 0.480 e. The number of H-pyrrole nitrogens is 1. The van der Waals surface area contributed by atoms with Crippen LogP contribution in [0.2, 0.25) is 0 Å². The summed E-state index contributed by atoms with van der Waals surface area (Å²) in [6.07, 6.45) is -3.33. The zero-order chi connectivity index (χ0) is 26.4. The van der Waals surface area contributed by atoms with Crippen LogP contribution < -0.4 is 10.5 Å². The van der Waals surface area contributed by atoms with Gasteiger partial charge in [0.15, 0.2) is 5.75 Å². The highest BCUT2D eigenvalue weighted by molar-refractivity contribution is 9.11. The lowest BCUT2D eigenvalue weighted by molar-refractivity contribution is -0.139. The summed E-state index contributed by atoms with van der Waals surface area (Å²) in [6.45, 7) is 0. The maximum atomic E-state index is 13.2. The standard InChI is InChI=1S/C23H15Br2F3N2O5S/c24-16-7-11(20(29)22(31)32)8-17(25)21(16)35-13-3-6-18-15(9-13)19(10-30-18)36(33,34)14-4-1-12(2-5-14)23(26,27)28/h1-10,20,30H,29H2,(H,31,32)/t20-/m0/s1. The average molecular weight is 648 g/mol. The number of nitrogens with two attached hydrogens (primary N) is 1. The van der Waals surface area contributed by atoms with Gasteiger partial charge in [0, 0.05) is 17.1 Å². The fourth-order valence-corrected chi connectivity index (χ4v) is 6.23. The number of benzene rings is 3. The third kappa shape index (κ3) is 5.01. The van der Waals surface area contributed by atoms with Crippen molar-refractivity contribution in [1.29, 1.82) is 0 Å². The number of aromatic nitrogens is 1. The molecule has 1 aromatic heterocycles. The zero-order valence-corrected chi connectivity index (χ0v) is 21.8. The van der Waals surface area contributed by atoms with Crippen LogP contribution in [0.5, 0.6) is 11.5 Å². The molecule has 188 valence electrons. The van der Waals surface area contributed by atoms with Gasteiger partial charge in [0.1, 0.15) is 11.8 Å². The zero-order valence-electron chi connectivity index (χ0n) is 17.8. The van der Waals surface area contributed by atoms with Crippen molar-refractivity contribution in [3.8, 4) is 11.5 Å². The second-order valence-corrected chi connectivity index (χ2v) is 11.2. The molecular weight excluding hydrogens is 633 g/mol. The Balaban J connectivity index is 1.70. The predicted octanol–water partition coefficient (Wildman–Crippen LogP) is 6.42. The Morgan fingerprint density at radius 3 is 2.19 bits per heavy atom. The van der Waals surface area contributed by atoms with Crippen LogP contribution >= 0.6 is 31.9 Å². The maximum Gasteiger partial charge on any atom is 0.416 e. The van der Waals surface area contributed by atoms with Gasteiger partial charge in [-0.15, -0.1) is 0 Å². The Morgan fingerprint density at radius 1 is 1.03 bits per heavy atom. The van der Waals surface area contributed by atoms with Crippen LogP contribution in [0, 0.1) is 0 Å². The van der Waals surface area contributed by atoms with E-state index in [0.29, 0.717) is 37.9 Å². The van der Waals surface area contributed by atoms with Crippen molar-refractivity contribution in [1.82, 2.24) is 4.98 Å². The van der Waals surface area contributed by atoms with Crippen LogP contribution in [0.1, 0.15) is 17.2 Å². The van der Waals surface area contributed by atoms with Gasteiger partial charge in [-0.1, -0.05) is 0 Å². The second kappa shape index (κ2) is 9.54. The molecular formula is C23H15Br2F3N2O5S. The average Bonchev–Trinajstić information content (AvgIpc) is 3.24. The fraction of sp³-hybridized carbons (Fsp3) is 0.0870. The van der Waals surface area contributed by atoms with Crippen molar-refractivity contribution in [3.05, 3.63) is 80.9 Å². The van der Waals surface area contributed by atoms with Crippen LogP contribution in [0.4, 0.5) is 13.2 Å². The molecule has 0 aliphatic rings. The molecule has 13 heteroatoms. The Morgan fingerprint density at radius 2 is 1.64 bits per heavy atom. The van der Waals surface area contributed by atoms with Gasteiger partial charge in [-0.2, -0.15) is 13.2 Å². The van der Waals surface area contributed by atoms with E-state index in [9.17, 15) is 26.4 Å². The van der Waals surface area contributed by atoms with Crippen molar-refractivity contribution in [2.45, 2.75) is 22.0 Å². The minimum absolute atomic E-state index is 0.136. The van der Waals surface area contributed by atoms with Crippen molar-refractivity contribution >= 4 is 58.6 Å². The quantitative estimate of drug-likeness (QED) is 0.222. The summed E-state index contributed by atoms with van der Waals surface area (Å²) < 4.78 is 71.7. The number of hydrogen-bond donors (Lipinski definition) is 3. The number of hydrogen-bond acceptors (Lipinski definition) is 5. The van der Waals surface area contributed by atoms with E-state index in [4.69, 9.17) is 15.6 Å². The van der Waals surface area contributed by atoms with Gasteiger partial charge in [0.05, 0.1) is 24.3 Å². The van der Waals surface area contributed by atoms with Crippen LogP contribution in [-0.4, -0.2) is 24.5 Å². The van der Waals surface area contributed by atoms with Crippen LogP contribution in [0.25, 0.3) is 10.9 Å². The van der Waals surface area contributed by atoms with Crippen molar-refractivity contribution < 1.29 is 36.2 Å². The van der Waals surface area contributed by atoms with Crippen molar-refractivity contribution in [2.24, 2.45) is 5.73 Å². The molecule has 0 bridgehead atoms. The van der Waals surface area contributed by atoms with E-state index < -0.39 is 33.6 Å². The third-order valence-electron chi connectivity index (χ3n) is 5.26. The van der Waals surface area contributed by atoms with E-state index in [0.717, 1.165) is 12.1 Å². The van der Waals surface area contributed by atoms with Crippen molar-refractivity contribution in [3.63, 3.8) is 0 Å². The number of carbonyl (C=O) groups is 1. The first-order valence-electron chi connectivity index (χ1n) is 9.97. The number of halogens is 5. The minimum atomic E-state index is -4.59. The van der Waals surface area contributed by atoms with E-state index >= 15 is 0 Å². The smallest absolute Gasteiger partial charge is 0.416 e. The van der Waals surface area contributed by atoms with E-state index in [1.54, 1.807) is 12.1 Å². The van der Waals surface area contributed by atoms with Crippen LogP contribution in [0.3, 0.4) is 0 Å². The molecule has 1 atom stereocenters. The number of ether oxygens (including phenoxy) is 1. The molecule has 0 spiro atoms. The molecule has 0 aliphatic heterocycles. The summed E-state index contributed by atoms with van der Waals surface area (Å²) in [5.74, 6) is -0.664. The first-order valence-corrected chi connectivity index (χ1v) is 13.0. The van der Waals surface area contributed by atoms with E-state index in [-0.39, 0.29) is 20.9 Å². The predicted molar refractivity (Wildman–Crippen MR) is 132 cm³/mol. The van der Waals surface area contributed by atoms with E-state index in [2.05, 4.69) is 36.8 Å². The summed E-state index contributed by atoms with van der Waals surface area (Å²) in [7, 11) is -4.16. The molecule has 0 saturated carbocycles. The molecule has 4 rings (SSSR count). The Bertz CT molecular complexity index is 1560. The van der Waals surface area contributed by atoms with Crippen LogP contribution in [0.15, 0.2) is 79.5 Å². The lowest BCUT2D eigenvalue weighted by atomic mass is 10.1. The number of rotatable bonds is 6. The third-order valence-corrected chi connectivity index (χ3v) is 8.25. The molecule has 0 fully saturated rings. The Labute approximate surface area is 219 Å². The lowest BCUT2D eigenvalue weighted by Crippen LogP contribution is -2.20. The first-order chi connectivity index (χ1) is 16.8. The number of aliphatic carboxylic acids is 1. The number of nitrogens with one attached hydrogen (secondary N) is 1. The van der Waals surface area contributed by atoms with Gasteiger partial charge in [-0.05, 0) is 92.0 Å². The Kier molecular flexibility index (Phi) is 6.94. The SMILES string of the molecule is N[C@H](C(=O)O)c1cc(Br)c(Oc2ccc3[nH]cc(S(=O)(=O)c4ccc(C(F)(F)F)cc4)c3c2)c(Br)c1. The molecule has 0 amide bonds. The van der Waals surface area contributed by atoms with Gasteiger partial charge in [0.2, 0.25) is 9.84 Å². The van der Waals surface area contributed by atoms with Gasteiger partial charge >= 0.3 is 12.1 Å². The molecule has 0 unspecified atom stereocenters. The molecule has 4 aromatic rings. The number of sulfone groups is 1. The number of aromatic amines is 1. The molecule has 36 heavy (non-hydrogen) atoms. The molecule has 1 heterocycles. The normalized spacial score (nSPS) is 13.1. The number of carboxylic acid groups (broad SMARTS) is 1. The highest BCUT2D eigenvalue weighted by Crippen LogP contribution is 2.40. The lowest BCUT2D eigenvalue weighted by Gasteiger charge is -2.14. The number of alkyl halides is 3. The summed E-state index contributed by atoms with van der Waals surface area (Å²) >= 11 is 6.65. The molecule has 7 nitrogen and oxygen atoms in total. The highest BCUT2D eigenvalue weighted by Gasteiger charge is 2.31. The summed E-state index contributed by atoms with van der Waals surface area (Å²) in [5, 5.41) is 9.40. The monoisotopic (exact) mass is 646 g/mol. The van der Waals surface area contributed by atoms with Gasteiger partial charge in [0.25, 0.3) is 0 Å². The van der Waals surface area contributed by atoms with E-state index in [1.807, 2.05) is 0 Å². The van der Waals surface area contributed by atoms with Gasteiger partial charge in [-0.3, -0.25) is 4.79 Å². The summed E-state index contributed by atoms with van der Waals surface area (Å²) in [5.41, 5.74) is 5.49. The summed E-state index contributed by atoms with van der Waals surface area (Å²) in [4.78, 5) is 13.6. The molecule has 3 aromatic carbocycles. The van der Waals surface area contributed by atoms with E-state index in [1.165, 1.54) is 24.4 Å². The van der Waals surface area contributed by atoms with Crippen LogP contribution in [-0.2, 0) is 20.8 Å². The highest BCUT2D eigenvalue weighted by atomic mass is 79.9. The molecule has 0 radical (unpaired) electrons. The fourth-order valence-electron chi connectivity index (χ4n) is 3.43. The number of fused-ring (bicyclic) bond motifs is 1. The molecule has 0 saturated heterocycles. The number of carboxylic acids is 1. The topological polar surface area (TPSA) is 122 Å². The first kappa shape index (κ1) is 26.2. The minimum Gasteiger partial charge on any atom is -0.480 e. The van der Waals surface area contributed by atoms with Crippen molar-refractivity contribution in [2.75, 3.05) is 0 Å².